The molecule has 11 heteroatoms. The fourth-order valence-corrected chi connectivity index (χ4v) is 2.84. The van der Waals surface area contributed by atoms with Gasteiger partial charge in [0, 0.05) is 0 Å². The number of carbonyl (C=O) groups is 2. The Bertz CT molecular complexity index is 1210. The largest absolute Gasteiger partial charge is 0.451 e. The van der Waals surface area contributed by atoms with Crippen molar-refractivity contribution in [2.45, 2.75) is 25.7 Å². The molecular weight excluding hydrogens is 439 g/mol. The second-order valence-electron chi connectivity index (χ2n) is 6.51. The number of anilines is 1. The summed E-state index contributed by atoms with van der Waals surface area (Å²) in [6.45, 7) is 0.731. The monoisotopic (exact) mass is 453 g/mol. The number of amides is 1. The zero-order valence-electron chi connectivity index (χ0n) is 15.9. The summed E-state index contributed by atoms with van der Waals surface area (Å²) in [5.74, 6) is -1.80. The highest BCUT2D eigenvalue weighted by molar-refractivity contribution is 6.33. The third-order valence-electron chi connectivity index (χ3n) is 4.26. The molecule has 31 heavy (non-hydrogen) atoms. The summed E-state index contributed by atoms with van der Waals surface area (Å²) in [5, 5.41) is 2.39. The van der Waals surface area contributed by atoms with E-state index < -0.39 is 41.8 Å². The van der Waals surface area contributed by atoms with Crippen LogP contribution >= 0.6 is 11.6 Å². The van der Waals surface area contributed by atoms with Crippen molar-refractivity contribution in [3.8, 4) is 0 Å². The number of fused-ring (bicyclic) bond motifs is 1. The Hall–Kier alpha value is -3.40. The first-order chi connectivity index (χ1) is 14.6. The molecule has 0 aliphatic heterocycles. The molecular formula is C20H15ClF3N3O4. The number of carbonyl (C=O) groups excluding carboxylic acids is 2. The van der Waals surface area contributed by atoms with Crippen molar-refractivity contribution < 1.29 is 27.5 Å². The molecule has 0 bridgehead atoms. The Morgan fingerprint density at radius 3 is 2.65 bits per heavy atom. The molecule has 1 heterocycles. The Morgan fingerprint density at radius 1 is 1.23 bits per heavy atom. The molecule has 3 aromatic rings. The number of aromatic nitrogens is 2. The van der Waals surface area contributed by atoms with Gasteiger partial charge in [0.2, 0.25) is 0 Å². The standard InChI is InChI=1S/C20H15ClF3N3O4/c1-11(18(29)26-16-8-12(20(22,23)24)6-7-14(16)21)31-17(28)9-27-10-25-15-5-3-2-4-13(15)19(27)30/h2-8,10-11H,9H2,1H3,(H,26,29)/t11-/m1/s1. The van der Waals surface area contributed by atoms with Crippen molar-refractivity contribution in [2.75, 3.05) is 5.32 Å². The zero-order valence-corrected chi connectivity index (χ0v) is 16.7. The normalized spacial score (nSPS) is 12.4. The summed E-state index contributed by atoms with van der Waals surface area (Å²) in [6, 6.07) is 9.01. The van der Waals surface area contributed by atoms with Gasteiger partial charge in [-0.25, -0.2) is 4.98 Å². The summed E-state index contributed by atoms with van der Waals surface area (Å²) in [4.78, 5) is 40.9. The number of alkyl halides is 3. The number of nitrogens with one attached hydrogen (secondary N) is 1. The van der Waals surface area contributed by atoms with Crippen molar-refractivity contribution in [3.05, 3.63) is 69.7 Å². The first kappa shape index (κ1) is 22.3. The second kappa shape index (κ2) is 8.76. The van der Waals surface area contributed by atoms with E-state index in [2.05, 4.69) is 10.3 Å². The maximum absolute atomic E-state index is 12.8. The van der Waals surface area contributed by atoms with Crippen LogP contribution in [0.5, 0.6) is 0 Å². The minimum atomic E-state index is -4.62. The highest BCUT2D eigenvalue weighted by Gasteiger charge is 2.31. The number of ether oxygens (including phenoxy) is 1. The lowest BCUT2D eigenvalue weighted by molar-refractivity contribution is -0.153. The number of nitrogens with zero attached hydrogens (tertiary/aromatic N) is 2. The van der Waals surface area contributed by atoms with Crippen LogP contribution < -0.4 is 10.9 Å². The lowest BCUT2D eigenvalue weighted by Crippen LogP contribution is -2.33. The van der Waals surface area contributed by atoms with Gasteiger partial charge in [-0.2, -0.15) is 13.2 Å². The van der Waals surface area contributed by atoms with Crippen LogP contribution in [0.3, 0.4) is 0 Å². The smallest absolute Gasteiger partial charge is 0.416 e. The number of hydrogen-bond donors (Lipinski definition) is 1. The van der Waals surface area contributed by atoms with Gasteiger partial charge in [0.1, 0.15) is 6.54 Å². The van der Waals surface area contributed by atoms with Gasteiger partial charge >= 0.3 is 12.1 Å². The summed E-state index contributed by atoms with van der Waals surface area (Å²) in [7, 11) is 0. The SMILES string of the molecule is C[C@@H](OC(=O)Cn1cnc2ccccc2c1=O)C(=O)Nc1cc(C(F)(F)F)ccc1Cl. The van der Waals surface area contributed by atoms with Crippen LogP contribution in [0.4, 0.5) is 18.9 Å². The molecule has 7 nitrogen and oxygen atoms in total. The highest BCUT2D eigenvalue weighted by atomic mass is 35.5. The molecule has 162 valence electrons. The van der Waals surface area contributed by atoms with Crippen LogP contribution in [0.25, 0.3) is 10.9 Å². The molecule has 2 aromatic carbocycles. The Kier molecular flexibility index (Phi) is 6.30. The lowest BCUT2D eigenvalue weighted by Gasteiger charge is -2.16. The van der Waals surface area contributed by atoms with Crippen LogP contribution in [-0.2, 0) is 27.0 Å². The third-order valence-corrected chi connectivity index (χ3v) is 4.59. The van der Waals surface area contributed by atoms with E-state index in [1.165, 1.54) is 13.3 Å². The summed E-state index contributed by atoms with van der Waals surface area (Å²) in [6.07, 6.45) is -4.80. The minimum absolute atomic E-state index is 0.117. The van der Waals surface area contributed by atoms with Gasteiger partial charge in [-0.1, -0.05) is 23.7 Å². The van der Waals surface area contributed by atoms with Gasteiger partial charge in [-0.3, -0.25) is 19.0 Å². The Labute approximate surface area is 178 Å². The summed E-state index contributed by atoms with van der Waals surface area (Å²) < 4.78 is 44.6. The van der Waals surface area contributed by atoms with Crippen LogP contribution in [0.1, 0.15) is 12.5 Å². The van der Waals surface area contributed by atoms with E-state index in [4.69, 9.17) is 16.3 Å². The minimum Gasteiger partial charge on any atom is -0.451 e. The van der Waals surface area contributed by atoms with E-state index in [1.54, 1.807) is 24.3 Å². The number of rotatable bonds is 5. The fraction of sp³-hybridized carbons (Fsp3) is 0.200. The van der Waals surface area contributed by atoms with Crippen LogP contribution in [-0.4, -0.2) is 27.5 Å². The predicted octanol–water partition coefficient (Wildman–Crippen LogP) is 3.64. The first-order valence-electron chi connectivity index (χ1n) is 8.87. The number of para-hydroxylation sites is 1. The summed E-state index contributed by atoms with van der Waals surface area (Å²) in [5.41, 5.74) is -1.28. The highest BCUT2D eigenvalue weighted by Crippen LogP contribution is 2.33. The van der Waals surface area contributed by atoms with Gasteiger partial charge in [0.25, 0.3) is 11.5 Å². The molecule has 1 N–H and O–H groups in total. The molecule has 1 atom stereocenters. The first-order valence-corrected chi connectivity index (χ1v) is 9.25. The Morgan fingerprint density at radius 2 is 1.94 bits per heavy atom. The molecule has 0 aliphatic carbocycles. The number of benzene rings is 2. The number of halogens is 4. The fourth-order valence-electron chi connectivity index (χ4n) is 2.68. The van der Waals surface area contributed by atoms with Crippen molar-refractivity contribution >= 4 is 40.1 Å². The van der Waals surface area contributed by atoms with Crippen molar-refractivity contribution in [1.82, 2.24) is 9.55 Å². The molecule has 0 spiro atoms. The van der Waals surface area contributed by atoms with Gasteiger partial charge in [-0.15, -0.1) is 0 Å². The van der Waals surface area contributed by atoms with Crippen LogP contribution in [0, 0.1) is 0 Å². The van der Waals surface area contributed by atoms with E-state index in [9.17, 15) is 27.6 Å². The molecule has 1 aromatic heterocycles. The van der Waals surface area contributed by atoms with Gasteiger partial charge in [0.05, 0.1) is 33.5 Å². The van der Waals surface area contributed by atoms with Gasteiger partial charge in [0.15, 0.2) is 6.10 Å². The van der Waals surface area contributed by atoms with E-state index in [0.29, 0.717) is 17.0 Å². The van der Waals surface area contributed by atoms with Crippen molar-refractivity contribution in [1.29, 1.82) is 0 Å². The molecule has 0 unspecified atom stereocenters. The quantitative estimate of drug-likeness (QED) is 0.596. The second-order valence-corrected chi connectivity index (χ2v) is 6.92. The maximum Gasteiger partial charge on any atom is 0.416 e. The molecule has 3 rings (SSSR count). The molecule has 0 fully saturated rings. The molecule has 0 aliphatic rings. The average molecular weight is 454 g/mol. The predicted molar refractivity (Wildman–Crippen MR) is 107 cm³/mol. The average Bonchev–Trinajstić information content (AvgIpc) is 2.71. The summed E-state index contributed by atoms with van der Waals surface area (Å²) >= 11 is 5.84. The topological polar surface area (TPSA) is 90.3 Å². The van der Waals surface area contributed by atoms with E-state index in [1.807, 2.05) is 0 Å². The molecule has 1 amide bonds. The Balaban J connectivity index is 1.67. The molecule has 0 radical (unpaired) electrons. The van der Waals surface area contributed by atoms with Crippen LogP contribution in [0.2, 0.25) is 5.02 Å². The van der Waals surface area contributed by atoms with E-state index >= 15 is 0 Å². The van der Waals surface area contributed by atoms with Gasteiger partial charge in [-0.05, 0) is 37.3 Å². The van der Waals surface area contributed by atoms with E-state index in [-0.39, 0.29) is 10.7 Å². The lowest BCUT2D eigenvalue weighted by atomic mass is 10.2. The van der Waals surface area contributed by atoms with Crippen LogP contribution in [0.15, 0.2) is 53.6 Å². The number of esters is 1. The van der Waals surface area contributed by atoms with E-state index in [0.717, 1.165) is 16.7 Å². The number of hydrogen-bond acceptors (Lipinski definition) is 5. The molecule has 0 saturated heterocycles. The van der Waals surface area contributed by atoms with Crippen molar-refractivity contribution in [2.24, 2.45) is 0 Å². The zero-order chi connectivity index (χ0) is 22.8. The maximum atomic E-state index is 12.8. The molecule has 0 saturated carbocycles. The van der Waals surface area contributed by atoms with Crippen molar-refractivity contribution in [3.63, 3.8) is 0 Å². The third kappa shape index (κ3) is 5.21. The van der Waals surface area contributed by atoms with Gasteiger partial charge < -0.3 is 10.1 Å².